The van der Waals surface area contributed by atoms with E-state index in [2.05, 4.69) is 35.1 Å². The lowest BCUT2D eigenvalue weighted by molar-refractivity contribution is 0.380. The van der Waals surface area contributed by atoms with Gasteiger partial charge in [-0.25, -0.2) is 4.98 Å². The Kier molecular flexibility index (Phi) is 6.13. The maximum absolute atomic E-state index is 5.29. The summed E-state index contributed by atoms with van der Waals surface area (Å²) >= 11 is 0. The highest BCUT2D eigenvalue weighted by atomic mass is 16.5. The van der Waals surface area contributed by atoms with Gasteiger partial charge >= 0.3 is 0 Å². The molecule has 3 heteroatoms. The second-order valence-electron chi connectivity index (χ2n) is 3.68. The molecule has 3 nitrogen and oxygen atoms in total. The standard InChI is InChI=1S/C14H20N2O/c1-4-6-7-10-13(15-5-2)12-9-8-11-16-14(12)17-3/h8-9,11,13,15H,5,7,10H2,1-3H3. The first-order chi connectivity index (χ1) is 8.33. The van der Waals surface area contributed by atoms with E-state index in [4.69, 9.17) is 4.74 Å². The Labute approximate surface area is 104 Å². The first kappa shape index (κ1) is 13.5. The molecule has 0 amide bonds. The molecule has 1 N–H and O–H groups in total. The molecule has 1 rings (SSSR count). The van der Waals surface area contributed by atoms with Crippen molar-refractivity contribution in [1.29, 1.82) is 0 Å². The first-order valence-corrected chi connectivity index (χ1v) is 5.95. The van der Waals surface area contributed by atoms with Crippen LogP contribution in [-0.2, 0) is 0 Å². The van der Waals surface area contributed by atoms with E-state index in [0.29, 0.717) is 5.88 Å². The van der Waals surface area contributed by atoms with Crippen molar-refractivity contribution in [3.05, 3.63) is 23.9 Å². The minimum absolute atomic E-state index is 0.254. The summed E-state index contributed by atoms with van der Waals surface area (Å²) in [5.74, 6) is 6.71. The van der Waals surface area contributed by atoms with Crippen LogP contribution in [0.1, 0.15) is 38.3 Å². The number of nitrogens with zero attached hydrogens (tertiary/aromatic N) is 1. The van der Waals surface area contributed by atoms with Crippen LogP contribution in [0.25, 0.3) is 0 Å². The Morgan fingerprint density at radius 3 is 3.00 bits per heavy atom. The third-order valence-electron chi connectivity index (χ3n) is 2.55. The molecule has 1 aromatic heterocycles. The van der Waals surface area contributed by atoms with Crippen molar-refractivity contribution in [1.82, 2.24) is 10.3 Å². The van der Waals surface area contributed by atoms with Gasteiger partial charge in [-0.05, 0) is 26.0 Å². The Morgan fingerprint density at radius 2 is 2.35 bits per heavy atom. The number of aromatic nitrogens is 1. The topological polar surface area (TPSA) is 34.2 Å². The van der Waals surface area contributed by atoms with E-state index in [1.807, 2.05) is 13.0 Å². The van der Waals surface area contributed by atoms with Crippen LogP contribution in [0, 0.1) is 11.8 Å². The maximum Gasteiger partial charge on any atom is 0.217 e. The van der Waals surface area contributed by atoms with Crippen LogP contribution in [-0.4, -0.2) is 18.6 Å². The largest absolute Gasteiger partial charge is 0.481 e. The van der Waals surface area contributed by atoms with Crippen LogP contribution in [0.2, 0.25) is 0 Å². The summed E-state index contributed by atoms with van der Waals surface area (Å²) in [6.07, 6.45) is 3.60. The SMILES string of the molecule is CC#CCCC(NCC)c1cccnc1OC. The normalized spacial score (nSPS) is 11.5. The zero-order valence-electron chi connectivity index (χ0n) is 10.8. The average Bonchev–Trinajstić information content (AvgIpc) is 2.38. The van der Waals surface area contributed by atoms with Gasteiger partial charge in [-0.2, -0.15) is 0 Å². The molecule has 1 aromatic rings. The monoisotopic (exact) mass is 232 g/mol. The van der Waals surface area contributed by atoms with Crippen LogP contribution in [0.4, 0.5) is 0 Å². The lowest BCUT2D eigenvalue weighted by Gasteiger charge is -2.18. The van der Waals surface area contributed by atoms with Crippen molar-refractivity contribution in [2.75, 3.05) is 13.7 Å². The number of nitrogens with one attached hydrogen (secondary N) is 1. The van der Waals surface area contributed by atoms with Crippen molar-refractivity contribution < 1.29 is 4.74 Å². The second-order valence-corrected chi connectivity index (χ2v) is 3.68. The van der Waals surface area contributed by atoms with E-state index in [9.17, 15) is 0 Å². The molecule has 0 aliphatic rings. The van der Waals surface area contributed by atoms with Gasteiger partial charge in [0.25, 0.3) is 0 Å². The van der Waals surface area contributed by atoms with Crippen molar-refractivity contribution in [3.8, 4) is 17.7 Å². The molecule has 0 bridgehead atoms. The molecule has 0 spiro atoms. The molecule has 0 aliphatic heterocycles. The predicted octanol–water partition coefficient (Wildman–Crippen LogP) is 2.54. The fourth-order valence-electron chi connectivity index (χ4n) is 1.79. The van der Waals surface area contributed by atoms with Crippen LogP contribution >= 0.6 is 0 Å². The summed E-state index contributed by atoms with van der Waals surface area (Å²) < 4.78 is 5.29. The zero-order chi connectivity index (χ0) is 12.5. The van der Waals surface area contributed by atoms with E-state index in [1.54, 1.807) is 13.3 Å². The summed E-state index contributed by atoms with van der Waals surface area (Å²) in [6.45, 7) is 4.89. The van der Waals surface area contributed by atoms with Crippen LogP contribution in [0.15, 0.2) is 18.3 Å². The smallest absolute Gasteiger partial charge is 0.217 e. The van der Waals surface area contributed by atoms with Crippen molar-refractivity contribution in [2.45, 2.75) is 32.7 Å². The zero-order valence-corrected chi connectivity index (χ0v) is 10.8. The Morgan fingerprint density at radius 1 is 1.53 bits per heavy atom. The Balaban J connectivity index is 2.82. The van der Waals surface area contributed by atoms with Gasteiger partial charge in [-0.1, -0.05) is 13.0 Å². The quantitative estimate of drug-likeness (QED) is 0.765. The van der Waals surface area contributed by atoms with Gasteiger partial charge < -0.3 is 10.1 Å². The molecule has 0 aliphatic carbocycles. The molecular formula is C14H20N2O. The maximum atomic E-state index is 5.29. The summed E-state index contributed by atoms with van der Waals surface area (Å²) in [5, 5.41) is 3.44. The van der Waals surface area contributed by atoms with Gasteiger partial charge in [-0.15, -0.1) is 11.8 Å². The molecule has 0 saturated carbocycles. The lowest BCUT2D eigenvalue weighted by Crippen LogP contribution is -2.21. The van der Waals surface area contributed by atoms with Gasteiger partial charge in [-0.3, -0.25) is 0 Å². The molecule has 17 heavy (non-hydrogen) atoms. The van der Waals surface area contributed by atoms with Gasteiger partial charge in [0, 0.05) is 24.2 Å². The highest BCUT2D eigenvalue weighted by molar-refractivity contribution is 5.29. The van der Waals surface area contributed by atoms with E-state index in [0.717, 1.165) is 24.9 Å². The molecular weight excluding hydrogens is 212 g/mol. The highest BCUT2D eigenvalue weighted by Crippen LogP contribution is 2.25. The third kappa shape index (κ3) is 4.08. The summed E-state index contributed by atoms with van der Waals surface area (Å²) in [4.78, 5) is 4.23. The molecule has 0 fully saturated rings. The molecule has 1 unspecified atom stereocenters. The predicted molar refractivity (Wildman–Crippen MR) is 69.9 cm³/mol. The number of hydrogen-bond acceptors (Lipinski definition) is 3. The highest BCUT2D eigenvalue weighted by Gasteiger charge is 2.14. The first-order valence-electron chi connectivity index (χ1n) is 5.95. The fraction of sp³-hybridized carbons (Fsp3) is 0.500. The number of rotatable bonds is 6. The molecule has 0 radical (unpaired) electrons. The van der Waals surface area contributed by atoms with Crippen molar-refractivity contribution in [3.63, 3.8) is 0 Å². The van der Waals surface area contributed by atoms with E-state index >= 15 is 0 Å². The number of methoxy groups -OCH3 is 1. The van der Waals surface area contributed by atoms with Crippen LogP contribution < -0.4 is 10.1 Å². The molecule has 1 atom stereocenters. The second kappa shape index (κ2) is 7.70. The van der Waals surface area contributed by atoms with E-state index in [-0.39, 0.29) is 6.04 Å². The Bertz CT molecular complexity index is 393. The van der Waals surface area contributed by atoms with Gasteiger partial charge in [0.05, 0.1) is 7.11 Å². The van der Waals surface area contributed by atoms with E-state index < -0.39 is 0 Å². The number of pyridine rings is 1. The van der Waals surface area contributed by atoms with Gasteiger partial charge in [0.15, 0.2) is 0 Å². The summed E-state index contributed by atoms with van der Waals surface area (Å²) in [5.41, 5.74) is 1.11. The van der Waals surface area contributed by atoms with Gasteiger partial charge in [0.1, 0.15) is 0 Å². The van der Waals surface area contributed by atoms with Crippen LogP contribution in [0.3, 0.4) is 0 Å². The number of ether oxygens (including phenoxy) is 1. The Hall–Kier alpha value is -1.53. The third-order valence-corrected chi connectivity index (χ3v) is 2.55. The molecule has 1 heterocycles. The van der Waals surface area contributed by atoms with Crippen LogP contribution in [0.5, 0.6) is 5.88 Å². The van der Waals surface area contributed by atoms with Gasteiger partial charge in [0.2, 0.25) is 5.88 Å². The summed E-state index contributed by atoms with van der Waals surface area (Å²) in [6, 6.07) is 4.25. The van der Waals surface area contributed by atoms with Crippen molar-refractivity contribution in [2.24, 2.45) is 0 Å². The minimum Gasteiger partial charge on any atom is -0.481 e. The molecule has 0 saturated heterocycles. The molecule has 0 aromatic carbocycles. The average molecular weight is 232 g/mol. The number of hydrogen-bond donors (Lipinski definition) is 1. The minimum atomic E-state index is 0.254. The fourth-order valence-corrected chi connectivity index (χ4v) is 1.79. The van der Waals surface area contributed by atoms with E-state index in [1.165, 1.54) is 0 Å². The lowest BCUT2D eigenvalue weighted by atomic mass is 10.0. The molecule has 92 valence electrons. The summed E-state index contributed by atoms with van der Waals surface area (Å²) in [7, 11) is 1.65. The van der Waals surface area contributed by atoms with Crippen molar-refractivity contribution >= 4 is 0 Å².